The van der Waals surface area contributed by atoms with Gasteiger partial charge < -0.3 is 15.5 Å². The fourth-order valence-electron chi connectivity index (χ4n) is 5.13. The smallest absolute Gasteiger partial charge is 0.344 e. The number of hydrogen-bond acceptors (Lipinski definition) is 10. The molecule has 2 unspecified atom stereocenters. The van der Waals surface area contributed by atoms with Crippen molar-refractivity contribution in [3.05, 3.63) is 119 Å². The first-order valence-electron chi connectivity index (χ1n) is 13.7. The van der Waals surface area contributed by atoms with Crippen LogP contribution in [0.1, 0.15) is 29.3 Å². The molecular formula is C30H25F2N9O3S. The highest BCUT2D eigenvalue weighted by Gasteiger charge is 2.48. The van der Waals surface area contributed by atoms with E-state index in [1.165, 1.54) is 4.90 Å². The highest BCUT2D eigenvalue weighted by Crippen LogP contribution is 2.41. The number of aromatic nitrogens is 5. The Labute approximate surface area is 259 Å². The van der Waals surface area contributed by atoms with Crippen LogP contribution in [0.5, 0.6) is 0 Å². The minimum Gasteiger partial charge on any atom is -0.344 e. The first-order valence-corrected chi connectivity index (χ1v) is 14.5. The lowest BCUT2D eigenvalue weighted by Gasteiger charge is -2.42. The molecule has 0 spiro atoms. The van der Waals surface area contributed by atoms with Gasteiger partial charge in [-0.2, -0.15) is 14.0 Å². The number of aromatic amines is 1. The molecule has 6 rings (SSSR count). The Morgan fingerprint density at radius 3 is 2.09 bits per heavy atom. The predicted octanol–water partition coefficient (Wildman–Crippen LogP) is 4.03. The van der Waals surface area contributed by atoms with Crippen LogP contribution < -0.4 is 15.5 Å². The average molecular weight is 630 g/mol. The predicted molar refractivity (Wildman–Crippen MR) is 161 cm³/mol. The van der Waals surface area contributed by atoms with Gasteiger partial charge in [-0.3, -0.25) is 14.5 Å². The van der Waals surface area contributed by atoms with Crippen LogP contribution in [0.15, 0.2) is 102 Å². The molecule has 1 aliphatic rings. The molecular weight excluding hydrogens is 604 g/mol. The van der Waals surface area contributed by atoms with Gasteiger partial charge in [0.15, 0.2) is 10.8 Å². The molecule has 3 aromatic carbocycles. The molecule has 3 N–H and O–H groups in total. The minimum absolute atomic E-state index is 0.0558. The summed E-state index contributed by atoms with van der Waals surface area (Å²) in [5.41, 5.74) is 0.947. The monoisotopic (exact) mass is 629 g/mol. The van der Waals surface area contributed by atoms with E-state index in [9.17, 15) is 9.59 Å². The molecule has 2 amide bonds. The van der Waals surface area contributed by atoms with Gasteiger partial charge in [-0.25, -0.2) is 4.98 Å². The normalized spacial score (nSPS) is 16.8. The number of nitrogens with one attached hydrogen (secondary N) is 3. The summed E-state index contributed by atoms with van der Waals surface area (Å²) in [6.07, 6.45) is -3.43. The number of oxime groups is 1. The standard InChI is InChI=1S/C30H25F2N9O3S/c1-19-25(26(43)41(19)27-37-39-40-38-27)35-24(42)17-33-44-30(31,32)23-18-45-28(34-23)36-29(20-11-5-2-6-12-20,21-13-7-3-8-14-21)22-15-9-4-10-16-22/h2-19,25H,1H3,(H,34,36)(H,35,42)(H,37,38,39,40)/b33-17+. The van der Waals surface area contributed by atoms with Crippen LogP contribution in [0.2, 0.25) is 0 Å². The number of carbonyl (C=O) groups excluding carboxylic acids is 2. The van der Waals surface area contributed by atoms with Crippen molar-refractivity contribution >= 4 is 40.4 Å². The van der Waals surface area contributed by atoms with Crippen LogP contribution >= 0.6 is 11.3 Å². The number of tetrazole rings is 1. The second kappa shape index (κ2) is 12.2. The molecule has 0 saturated carbocycles. The molecule has 0 aliphatic carbocycles. The first-order chi connectivity index (χ1) is 21.8. The summed E-state index contributed by atoms with van der Waals surface area (Å²) in [6.45, 7) is 1.65. The van der Waals surface area contributed by atoms with E-state index in [-0.39, 0.29) is 11.1 Å². The van der Waals surface area contributed by atoms with Gasteiger partial charge in [0, 0.05) is 5.38 Å². The van der Waals surface area contributed by atoms with E-state index in [0.29, 0.717) is 6.21 Å². The van der Waals surface area contributed by atoms with Crippen LogP contribution in [-0.4, -0.2) is 55.7 Å². The van der Waals surface area contributed by atoms with E-state index in [4.69, 9.17) is 0 Å². The highest BCUT2D eigenvalue weighted by molar-refractivity contribution is 7.13. The lowest BCUT2D eigenvalue weighted by Crippen LogP contribution is -2.70. The van der Waals surface area contributed by atoms with Crippen molar-refractivity contribution in [1.29, 1.82) is 0 Å². The number of hydrogen-bond donors (Lipinski definition) is 3. The first kappa shape index (κ1) is 29.5. The molecule has 12 nitrogen and oxygen atoms in total. The van der Waals surface area contributed by atoms with Crippen LogP contribution in [0, 0.1) is 0 Å². The third-order valence-corrected chi connectivity index (χ3v) is 8.05. The zero-order chi connectivity index (χ0) is 31.4. The summed E-state index contributed by atoms with van der Waals surface area (Å²) in [5, 5.41) is 23.5. The van der Waals surface area contributed by atoms with Gasteiger partial charge in [0.2, 0.25) is 0 Å². The molecule has 1 fully saturated rings. The Balaban J connectivity index is 1.18. The molecule has 0 radical (unpaired) electrons. The van der Waals surface area contributed by atoms with Crippen LogP contribution in [0.25, 0.3) is 0 Å². The maximum Gasteiger partial charge on any atom is 0.464 e. The molecule has 5 aromatic rings. The highest BCUT2D eigenvalue weighted by atomic mass is 32.1. The van der Waals surface area contributed by atoms with Crippen molar-refractivity contribution in [2.24, 2.45) is 5.16 Å². The van der Waals surface area contributed by atoms with Crippen molar-refractivity contribution in [3.8, 4) is 0 Å². The number of carbonyl (C=O) groups is 2. The number of halogens is 2. The van der Waals surface area contributed by atoms with Gasteiger partial charge in [0.1, 0.15) is 17.8 Å². The van der Waals surface area contributed by atoms with Crippen molar-refractivity contribution in [1.82, 2.24) is 30.9 Å². The maximum absolute atomic E-state index is 15.1. The average Bonchev–Trinajstić information content (AvgIpc) is 3.77. The van der Waals surface area contributed by atoms with E-state index >= 15 is 8.78 Å². The van der Waals surface area contributed by atoms with E-state index in [0.717, 1.165) is 33.4 Å². The molecule has 1 saturated heterocycles. The van der Waals surface area contributed by atoms with Crippen molar-refractivity contribution in [2.45, 2.75) is 30.7 Å². The zero-order valence-electron chi connectivity index (χ0n) is 23.5. The Bertz CT molecular complexity index is 1690. The summed E-state index contributed by atoms with van der Waals surface area (Å²) >= 11 is 0.973. The number of anilines is 2. The molecule has 3 heterocycles. The fraction of sp³-hybridized carbons (Fsp3) is 0.167. The number of rotatable bonds is 11. The summed E-state index contributed by atoms with van der Waals surface area (Å²) < 4.78 is 30.1. The number of alkyl halides is 2. The zero-order valence-corrected chi connectivity index (χ0v) is 24.4. The van der Waals surface area contributed by atoms with Crippen LogP contribution in [0.4, 0.5) is 19.9 Å². The minimum atomic E-state index is -3.96. The third-order valence-electron chi connectivity index (χ3n) is 7.30. The topological polar surface area (TPSA) is 150 Å². The van der Waals surface area contributed by atoms with Crippen molar-refractivity contribution in [3.63, 3.8) is 0 Å². The van der Waals surface area contributed by atoms with Gasteiger partial charge >= 0.3 is 6.11 Å². The van der Waals surface area contributed by atoms with E-state index in [1.807, 2.05) is 91.0 Å². The second-order valence-electron chi connectivity index (χ2n) is 10.0. The molecule has 45 heavy (non-hydrogen) atoms. The van der Waals surface area contributed by atoms with E-state index < -0.39 is 41.2 Å². The number of β-lactam (4-membered cyclic amide) rings is 1. The maximum atomic E-state index is 15.1. The Kier molecular flexibility index (Phi) is 8.00. The van der Waals surface area contributed by atoms with Crippen LogP contribution in [-0.2, 0) is 26.1 Å². The van der Waals surface area contributed by atoms with Gasteiger partial charge in [0.05, 0.1) is 6.04 Å². The van der Waals surface area contributed by atoms with Crippen molar-refractivity contribution < 1.29 is 23.2 Å². The summed E-state index contributed by atoms with van der Waals surface area (Å²) in [7, 11) is 0. The van der Waals surface area contributed by atoms with Gasteiger partial charge in [-0.15, -0.1) is 16.4 Å². The number of amides is 2. The third kappa shape index (κ3) is 5.72. The SMILES string of the molecule is CC1C(NC(=O)/C=N/OC(F)(F)c2csc(NC(c3ccccc3)(c3ccccc3)c3ccccc3)n2)C(=O)N1c1nn[nH]n1. The summed E-state index contributed by atoms with van der Waals surface area (Å²) in [6, 6.07) is 27.5. The molecule has 15 heteroatoms. The number of thiazole rings is 1. The largest absolute Gasteiger partial charge is 0.464 e. The van der Waals surface area contributed by atoms with Gasteiger partial charge in [-0.1, -0.05) is 101 Å². The second-order valence-corrected chi connectivity index (χ2v) is 10.9. The van der Waals surface area contributed by atoms with Crippen LogP contribution in [0.3, 0.4) is 0 Å². The lowest BCUT2D eigenvalue weighted by molar-refractivity contribution is -0.251. The molecule has 228 valence electrons. The molecule has 2 aromatic heterocycles. The van der Waals surface area contributed by atoms with Gasteiger partial charge in [0.25, 0.3) is 17.8 Å². The number of nitrogens with zero attached hydrogens (tertiary/aromatic N) is 6. The number of benzene rings is 3. The molecule has 1 aliphatic heterocycles. The fourth-order valence-corrected chi connectivity index (χ4v) is 5.91. The Hall–Kier alpha value is -5.57. The number of H-pyrrole nitrogens is 1. The molecule has 0 bridgehead atoms. The lowest BCUT2D eigenvalue weighted by atomic mass is 9.77. The van der Waals surface area contributed by atoms with Gasteiger partial charge in [-0.05, 0) is 28.8 Å². The Morgan fingerprint density at radius 1 is 1.00 bits per heavy atom. The van der Waals surface area contributed by atoms with Crippen molar-refractivity contribution in [2.75, 3.05) is 10.2 Å². The van der Waals surface area contributed by atoms with E-state index in [1.54, 1.807) is 6.92 Å². The van der Waals surface area contributed by atoms with E-state index in [2.05, 4.69) is 46.2 Å². The molecule has 2 atom stereocenters. The summed E-state index contributed by atoms with van der Waals surface area (Å²) in [5.74, 6) is -1.33. The quantitative estimate of drug-likeness (QED) is 0.0858. The Morgan fingerprint density at radius 2 is 1.58 bits per heavy atom. The summed E-state index contributed by atoms with van der Waals surface area (Å²) in [4.78, 5) is 34.5.